The Labute approximate surface area is 178 Å². The number of ether oxygens (including phenoxy) is 2. The first-order chi connectivity index (χ1) is 14.6. The molecule has 2 aromatic carbocycles. The van der Waals surface area contributed by atoms with E-state index in [0.717, 1.165) is 23.3 Å². The SMILES string of the molecule is CN=C(NCC(=O)NCCc1ccccc1)NCc1ccc(C)cc1OCCOC. The van der Waals surface area contributed by atoms with Gasteiger partial charge in [-0.3, -0.25) is 9.79 Å². The van der Waals surface area contributed by atoms with Gasteiger partial charge in [0.25, 0.3) is 0 Å². The van der Waals surface area contributed by atoms with Gasteiger partial charge in [0.15, 0.2) is 5.96 Å². The third kappa shape index (κ3) is 8.53. The fourth-order valence-corrected chi connectivity index (χ4v) is 2.79. The van der Waals surface area contributed by atoms with Gasteiger partial charge in [-0.1, -0.05) is 42.5 Å². The van der Waals surface area contributed by atoms with Crippen molar-refractivity contribution in [1.29, 1.82) is 0 Å². The zero-order chi connectivity index (χ0) is 21.6. The summed E-state index contributed by atoms with van der Waals surface area (Å²) in [6.45, 7) is 4.32. The maximum atomic E-state index is 12.1. The Morgan fingerprint density at radius 3 is 2.57 bits per heavy atom. The number of amides is 1. The molecule has 0 saturated carbocycles. The second-order valence-corrected chi connectivity index (χ2v) is 6.82. The van der Waals surface area contributed by atoms with Gasteiger partial charge < -0.3 is 25.4 Å². The molecular weight excluding hydrogens is 380 g/mol. The molecular formula is C23H32N4O3. The average molecular weight is 413 g/mol. The highest BCUT2D eigenvalue weighted by Gasteiger charge is 2.07. The van der Waals surface area contributed by atoms with E-state index < -0.39 is 0 Å². The molecule has 0 fully saturated rings. The Kier molecular flexibility index (Phi) is 10.2. The lowest BCUT2D eigenvalue weighted by molar-refractivity contribution is -0.119. The Bertz CT molecular complexity index is 809. The smallest absolute Gasteiger partial charge is 0.239 e. The van der Waals surface area contributed by atoms with E-state index in [1.807, 2.05) is 43.3 Å². The van der Waals surface area contributed by atoms with Crippen LogP contribution in [0.15, 0.2) is 53.5 Å². The lowest BCUT2D eigenvalue weighted by Gasteiger charge is -2.15. The van der Waals surface area contributed by atoms with Crippen molar-refractivity contribution in [1.82, 2.24) is 16.0 Å². The van der Waals surface area contributed by atoms with Crippen molar-refractivity contribution < 1.29 is 14.3 Å². The highest BCUT2D eigenvalue weighted by atomic mass is 16.5. The molecule has 0 aliphatic rings. The maximum Gasteiger partial charge on any atom is 0.239 e. The first-order valence-electron chi connectivity index (χ1n) is 10.1. The molecule has 0 bridgehead atoms. The van der Waals surface area contributed by atoms with Crippen LogP contribution >= 0.6 is 0 Å². The fraction of sp³-hybridized carbons (Fsp3) is 0.391. The molecule has 162 valence electrons. The number of aryl methyl sites for hydroxylation is 1. The molecule has 0 radical (unpaired) electrons. The second-order valence-electron chi connectivity index (χ2n) is 6.82. The number of nitrogens with one attached hydrogen (secondary N) is 3. The highest BCUT2D eigenvalue weighted by molar-refractivity contribution is 5.86. The van der Waals surface area contributed by atoms with Crippen LogP contribution in [-0.4, -0.2) is 52.3 Å². The summed E-state index contributed by atoms with van der Waals surface area (Å²) in [5.41, 5.74) is 3.33. The van der Waals surface area contributed by atoms with Gasteiger partial charge in [0.05, 0.1) is 13.2 Å². The van der Waals surface area contributed by atoms with Crippen LogP contribution in [-0.2, 0) is 22.5 Å². The lowest BCUT2D eigenvalue weighted by Crippen LogP contribution is -2.43. The molecule has 1 amide bonds. The molecule has 0 unspecified atom stereocenters. The molecule has 7 nitrogen and oxygen atoms in total. The van der Waals surface area contributed by atoms with Crippen LogP contribution in [0.5, 0.6) is 5.75 Å². The fourth-order valence-electron chi connectivity index (χ4n) is 2.79. The minimum atomic E-state index is -0.0761. The van der Waals surface area contributed by atoms with Crippen LogP contribution in [0.25, 0.3) is 0 Å². The number of nitrogens with zero attached hydrogens (tertiary/aromatic N) is 1. The lowest BCUT2D eigenvalue weighted by atomic mass is 10.1. The van der Waals surface area contributed by atoms with Crippen molar-refractivity contribution in [2.24, 2.45) is 4.99 Å². The van der Waals surface area contributed by atoms with Crippen molar-refractivity contribution >= 4 is 11.9 Å². The third-order valence-electron chi connectivity index (χ3n) is 4.43. The minimum Gasteiger partial charge on any atom is -0.491 e. The molecule has 30 heavy (non-hydrogen) atoms. The largest absolute Gasteiger partial charge is 0.491 e. The van der Waals surface area contributed by atoms with Crippen LogP contribution in [0.4, 0.5) is 0 Å². The predicted octanol–water partition coefficient (Wildman–Crippen LogP) is 2.04. The molecule has 3 N–H and O–H groups in total. The van der Waals surface area contributed by atoms with Crippen molar-refractivity contribution in [3.63, 3.8) is 0 Å². The number of guanidine groups is 1. The summed E-state index contributed by atoms with van der Waals surface area (Å²) < 4.78 is 10.9. The first kappa shape index (κ1) is 23.2. The number of carbonyl (C=O) groups is 1. The van der Waals surface area contributed by atoms with Crippen LogP contribution in [0.2, 0.25) is 0 Å². The van der Waals surface area contributed by atoms with Crippen molar-refractivity contribution in [2.75, 3.05) is 40.5 Å². The van der Waals surface area contributed by atoms with E-state index in [0.29, 0.717) is 32.3 Å². The number of aliphatic imine (C=N–C) groups is 1. The Morgan fingerprint density at radius 1 is 1.03 bits per heavy atom. The van der Waals surface area contributed by atoms with Crippen molar-refractivity contribution in [3.05, 3.63) is 65.2 Å². The molecule has 0 aliphatic heterocycles. The number of hydrogen-bond donors (Lipinski definition) is 3. The van der Waals surface area contributed by atoms with Gasteiger partial charge in [-0.15, -0.1) is 0 Å². The van der Waals surface area contributed by atoms with Crippen LogP contribution in [0, 0.1) is 6.92 Å². The van der Waals surface area contributed by atoms with Crippen molar-refractivity contribution in [2.45, 2.75) is 19.9 Å². The number of methoxy groups -OCH3 is 1. The zero-order valence-corrected chi connectivity index (χ0v) is 18.0. The summed E-state index contributed by atoms with van der Waals surface area (Å²) in [7, 11) is 3.32. The molecule has 7 heteroatoms. The Morgan fingerprint density at radius 2 is 1.83 bits per heavy atom. The van der Waals surface area contributed by atoms with Gasteiger partial charge in [-0.25, -0.2) is 0 Å². The summed E-state index contributed by atoms with van der Waals surface area (Å²) in [6, 6.07) is 16.1. The van der Waals surface area contributed by atoms with Crippen LogP contribution < -0.4 is 20.7 Å². The molecule has 0 heterocycles. The normalized spacial score (nSPS) is 11.1. The maximum absolute atomic E-state index is 12.1. The number of benzene rings is 2. The third-order valence-corrected chi connectivity index (χ3v) is 4.43. The molecule has 2 rings (SSSR count). The summed E-state index contributed by atoms with van der Waals surface area (Å²) in [5.74, 6) is 1.29. The standard InChI is InChI=1S/C23H32N4O3/c1-18-9-10-20(21(15-18)30-14-13-29-3)16-26-23(24-2)27-17-22(28)25-12-11-19-7-5-4-6-8-19/h4-10,15H,11-14,16-17H2,1-3H3,(H,25,28)(H2,24,26,27). The average Bonchev–Trinajstić information content (AvgIpc) is 2.76. The Balaban J connectivity index is 1.76. The molecule has 0 atom stereocenters. The quantitative estimate of drug-likeness (QED) is 0.299. The zero-order valence-electron chi connectivity index (χ0n) is 18.0. The monoisotopic (exact) mass is 412 g/mol. The predicted molar refractivity (Wildman–Crippen MR) is 120 cm³/mol. The number of rotatable bonds is 11. The topological polar surface area (TPSA) is 84.0 Å². The minimum absolute atomic E-state index is 0.0761. The van der Waals surface area contributed by atoms with Crippen LogP contribution in [0.1, 0.15) is 16.7 Å². The van der Waals surface area contributed by atoms with E-state index in [9.17, 15) is 4.79 Å². The molecule has 2 aromatic rings. The van der Waals surface area contributed by atoms with Gasteiger partial charge in [0.1, 0.15) is 12.4 Å². The van der Waals surface area contributed by atoms with Gasteiger partial charge in [-0.05, 0) is 30.5 Å². The van der Waals surface area contributed by atoms with E-state index in [4.69, 9.17) is 9.47 Å². The second kappa shape index (κ2) is 13.2. The molecule has 0 aromatic heterocycles. The molecule has 0 spiro atoms. The van der Waals surface area contributed by atoms with E-state index in [-0.39, 0.29) is 12.5 Å². The van der Waals surface area contributed by atoms with Gasteiger partial charge in [-0.2, -0.15) is 0 Å². The molecule has 0 aliphatic carbocycles. The van der Waals surface area contributed by atoms with Gasteiger partial charge >= 0.3 is 0 Å². The van der Waals surface area contributed by atoms with Crippen LogP contribution in [0.3, 0.4) is 0 Å². The Hall–Kier alpha value is -3.06. The summed E-state index contributed by atoms with van der Waals surface area (Å²) in [5, 5.41) is 9.17. The number of hydrogen-bond acceptors (Lipinski definition) is 4. The van der Waals surface area contributed by atoms with E-state index in [1.165, 1.54) is 5.56 Å². The summed E-state index contributed by atoms with van der Waals surface area (Å²) in [6.07, 6.45) is 0.804. The van der Waals surface area contributed by atoms with Crippen molar-refractivity contribution in [3.8, 4) is 5.75 Å². The van der Waals surface area contributed by atoms with E-state index in [1.54, 1.807) is 14.2 Å². The van der Waals surface area contributed by atoms with E-state index in [2.05, 4.69) is 33.1 Å². The number of carbonyl (C=O) groups excluding carboxylic acids is 1. The first-order valence-corrected chi connectivity index (χ1v) is 10.1. The summed E-state index contributed by atoms with van der Waals surface area (Å²) in [4.78, 5) is 16.3. The van der Waals surface area contributed by atoms with Gasteiger partial charge in [0, 0.05) is 32.8 Å². The van der Waals surface area contributed by atoms with Gasteiger partial charge in [0.2, 0.25) is 5.91 Å². The summed E-state index contributed by atoms with van der Waals surface area (Å²) >= 11 is 0. The molecule has 0 saturated heterocycles. The van der Waals surface area contributed by atoms with E-state index >= 15 is 0 Å². The highest BCUT2D eigenvalue weighted by Crippen LogP contribution is 2.20.